The van der Waals surface area contributed by atoms with E-state index in [1.54, 1.807) is 23.1 Å². The fourth-order valence-corrected chi connectivity index (χ4v) is 5.14. The van der Waals surface area contributed by atoms with E-state index in [-0.39, 0.29) is 23.8 Å². The third-order valence-electron chi connectivity index (χ3n) is 6.89. The molecule has 1 aromatic carbocycles. The number of fused-ring (bicyclic) bond motifs is 2. The van der Waals surface area contributed by atoms with Gasteiger partial charge in [-0.2, -0.15) is 0 Å². The molecule has 194 valence electrons. The van der Waals surface area contributed by atoms with Gasteiger partial charge in [0, 0.05) is 23.3 Å². The Labute approximate surface area is 217 Å². The number of aromatic nitrogens is 1. The molecule has 11 nitrogen and oxygen atoms in total. The molecule has 1 aromatic heterocycles. The summed E-state index contributed by atoms with van der Waals surface area (Å²) in [5, 5.41) is 17.0. The predicted molar refractivity (Wildman–Crippen MR) is 134 cm³/mol. The van der Waals surface area contributed by atoms with Crippen LogP contribution in [0.2, 0.25) is 5.02 Å². The van der Waals surface area contributed by atoms with Crippen molar-refractivity contribution in [3.63, 3.8) is 0 Å². The number of hydrogen-bond acceptors (Lipinski definition) is 6. The van der Waals surface area contributed by atoms with Crippen LogP contribution in [0.25, 0.3) is 0 Å². The molecule has 2 fully saturated rings. The van der Waals surface area contributed by atoms with E-state index in [1.165, 1.54) is 18.3 Å². The maximum absolute atomic E-state index is 13.7. The summed E-state index contributed by atoms with van der Waals surface area (Å²) in [5.41, 5.74) is 0.504. The highest BCUT2D eigenvalue weighted by Crippen LogP contribution is 2.43. The number of piperidine rings is 1. The number of nitrogens with one attached hydrogen (secondary N) is 3. The van der Waals surface area contributed by atoms with Crippen LogP contribution in [0.1, 0.15) is 48.0 Å². The first-order valence-corrected chi connectivity index (χ1v) is 12.5. The summed E-state index contributed by atoms with van der Waals surface area (Å²) in [7, 11) is 0. The van der Waals surface area contributed by atoms with Crippen LogP contribution in [0.4, 0.5) is 21.1 Å². The molecule has 12 heteroatoms. The van der Waals surface area contributed by atoms with Gasteiger partial charge in [0.15, 0.2) is 5.60 Å². The van der Waals surface area contributed by atoms with E-state index in [4.69, 9.17) is 21.4 Å². The summed E-state index contributed by atoms with van der Waals surface area (Å²) in [4.78, 5) is 55.4. The number of carboxylic acid groups (broad SMARTS) is 1. The first kappa shape index (κ1) is 24.8. The molecule has 1 saturated heterocycles. The maximum atomic E-state index is 13.7. The Morgan fingerprint density at radius 1 is 1.27 bits per heavy atom. The van der Waals surface area contributed by atoms with Crippen LogP contribution in [0, 0.1) is 5.92 Å². The van der Waals surface area contributed by atoms with E-state index in [0.717, 1.165) is 18.4 Å². The van der Waals surface area contributed by atoms with Crippen molar-refractivity contribution >= 4 is 47.1 Å². The topological polar surface area (TPSA) is 150 Å². The van der Waals surface area contributed by atoms with Gasteiger partial charge in [-0.1, -0.05) is 24.4 Å². The fraction of sp³-hybridized carbons (Fsp3) is 0.400. The van der Waals surface area contributed by atoms with Gasteiger partial charge < -0.3 is 20.1 Å². The Bertz CT molecular complexity index is 1250. The zero-order valence-electron chi connectivity index (χ0n) is 19.8. The van der Waals surface area contributed by atoms with Crippen molar-refractivity contribution in [2.45, 2.75) is 43.7 Å². The number of halogens is 1. The second-order valence-corrected chi connectivity index (χ2v) is 10.1. The molecule has 0 radical (unpaired) electrons. The number of benzene rings is 1. The van der Waals surface area contributed by atoms with Crippen molar-refractivity contribution < 1.29 is 29.0 Å². The number of ether oxygens (including phenoxy) is 1. The molecule has 1 spiro atoms. The van der Waals surface area contributed by atoms with E-state index in [2.05, 4.69) is 20.9 Å². The van der Waals surface area contributed by atoms with Crippen molar-refractivity contribution in [2.24, 2.45) is 5.92 Å². The molecule has 1 saturated carbocycles. The smallest absolute Gasteiger partial charge is 0.412 e. The molecule has 3 heterocycles. The lowest BCUT2D eigenvalue weighted by molar-refractivity contribution is -0.141. The molecule has 2 atom stereocenters. The van der Waals surface area contributed by atoms with E-state index in [1.807, 2.05) is 0 Å². The van der Waals surface area contributed by atoms with Crippen molar-refractivity contribution in [1.29, 1.82) is 0 Å². The zero-order valence-corrected chi connectivity index (χ0v) is 20.6. The first-order valence-electron chi connectivity index (χ1n) is 12.1. The highest BCUT2D eigenvalue weighted by molar-refractivity contribution is 6.30. The number of hydrogen-bond donors (Lipinski definition) is 4. The number of rotatable bonds is 6. The Morgan fingerprint density at radius 3 is 2.78 bits per heavy atom. The van der Waals surface area contributed by atoms with Gasteiger partial charge >= 0.3 is 12.2 Å². The third kappa shape index (κ3) is 5.46. The minimum atomic E-state index is -1.26. The average molecular weight is 528 g/mol. The van der Waals surface area contributed by atoms with Gasteiger partial charge in [0.05, 0.1) is 17.8 Å². The largest absolute Gasteiger partial charge is 0.465 e. The average Bonchev–Trinajstić information content (AvgIpc) is 3.68. The highest BCUT2D eigenvalue weighted by Gasteiger charge is 2.47. The number of anilines is 2. The summed E-state index contributed by atoms with van der Waals surface area (Å²) in [6.07, 6.45) is 3.06. The fourth-order valence-electron chi connectivity index (χ4n) is 4.97. The monoisotopic (exact) mass is 527 g/mol. The summed E-state index contributed by atoms with van der Waals surface area (Å²) >= 11 is 6.24. The number of carbonyl (C=O) groups excluding carboxylic acids is 3. The van der Waals surface area contributed by atoms with Gasteiger partial charge in [0.25, 0.3) is 5.91 Å². The van der Waals surface area contributed by atoms with Crippen molar-refractivity contribution in [3.05, 3.63) is 52.7 Å². The molecule has 3 aliphatic rings. The predicted octanol–water partition coefficient (Wildman–Crippen LogP) is 3.80. The number of amides is 4. The molecule has 0 bridgehead atoms. The van der Waals surface area contributed by atoms with Gasteiger partial charge in [-0.05, 0) is 55.5 Å². The van der Waals surface area contributed by atoms with Gasteiger partial charge in [-0.25, -0.2) is 14.6 Å². The molecule has 0 unspecified atom stereocenters. The van der Waals surface area contributed by atoms with Crippen LogP contribution in [-0.2, 0) is 15.1 Å². The zero-order chi connectivity index (χ0) is 26.2. The lowest BCUT2D eigenvalue weighted by Gasteiger charge is -2.45. The number of likely N-dealkylation sites (tertiary alicyclic amines) is 1. The van der Waals surface area contributed by atoms with Crippen molar-refractivity contribution in [3.8, 4) is 0 Å². The van der Waals surface area contributed by atoms with E-state index < -0.39 is 29.7 Å². The Kier molecular flexibility index (Phi) is 6.63. The van der Waals surface area contributed by atoms with Crippen LogP contribution < -0.4 is 16.0 Å². The van der Waals surface area contributed by atoms with E-state index >= 15 is 0 Å². The van der Waals surface area contributed by atoms with Crippen LogP contribution >= 0.6 is 11.6 Å². The molecule has 5 rings (SSSR count). The Balaban J connectivity index is 1.34. The second kappa shape index (κ2) is 9.89. The Morgan fingerprint density at radius 2 is 2.08 bits per heavy atom. The number of nitrogens with zero attached hydrogens (tertiary/aromatic N) is 2. The maximum Gasteiger partial charge on any atom is 0.412 e. The molecular formula is C25H26ClN5O6. The molecule has 1 aliphatic carbocycles. The van der Waals surface area contributed by atoms with Gasteiger partial charge in [-0.3, -0.25) is 20.2 Å². The summed E-state index contributed by atoms with van der Waals surface area (Å²) in [6, 6.07) is 7.22. The van der Waals surface area contributed by atoms with E-state index in [0.29, 0.717) is 42.4 Å². The van der Waals surface area contributed by atoms with Crippen LogP contribution in [0.15, 0.2) is 36.5 Å². The lowest BCUT2D eigenvalue weighted by Crippen LogP contribution is -2.57. The molecule has 2 aliphatic heterocycles. The molecule has 4 amide bonds. The minimum absolute atomic E-state index is 0.0881. The first-order chi connectivity index (χ1) is 17.7. The standard InChI is InChI=1S/C25H26ClN5O6/c26-16-5-6-18-17(11-16)25(37-24(36)29-18)8-1-9-31(13-25)22(33)19(10-14-2-3-14)28-21(32)15-4-7-20(27-12-15)30-23(34)35/h4-7,11-12,14,19H,1-3,8-10,13H2,(H,27,30)(H,28,32)(H,29,36)(H,34,35)/t19-,25-/m0/s1. The third-order valence-corrected chi connectivity index (χ3v) is 7.13. The van der Waals surface area contributed by atoms with Gasteiger partial charge in [0.1, 0.15) is 11.9 Å². The van der Waals surface area contributed by atoms with Crippen molar-refractivity contribution in [2.75, 3.05) is 23.7 Å². The quantitative estimate of drug-likeness (QED) is 0.446. The van der Waals surface area contributed by atoms with E-state index in [9.17, 15) is 19.2 Å². The minimum Gasteiger partial charge on any atom is -0.465 e. The Hall–Kier alpha value is -3.86. The summed E-state index contributed by atoms with van der Waals surface area (Å²) < 4.78 is 5.79. The molecule has 37 heavy (non-hydrogen) atoms. The van der Waals surface area contributed by atoms with Crippen LogP contribution in [0.3, 0.4) is 0 Å². The summed E-state index contributed by atoms with van der Waals surface area (Å²) in [5.74, 6) is -0.283. The van der Waals surface area contributed by atoms with Gasteiger partial charge in [0.2, 0.25) is 5.91 Å². The molecule has 2 aromatic rings. The second-order valence-electron chi connectivity index (χ2n) is 9.63. The molecular weight excluding hydrogens is 502 g/mol. The number of carbonyl (C=O) groups is 4. The van der Waals surface area contributed by atoms with Crippen LogP contribution in [0.5, 0.6) is 0 Å². The molecule has 4 N–H and O–H groups in total. The SMILES string of the molecule is O=C(O)Nc1ccc(C(=O)N[C@@H](CC2CC2)C(=O)N2CCC[C@@]3(C2)OC(=O)Nc2ccc(Cl)cc23)cn1. The number of pyridine rings is 1. The highest BCUT2D eigenvalue weighted by atomic mass is 35.5. The van der Waals surface area contributed by atoms with Crippen molar-refractivity contribution in [1.82, 2.24) is 15.2 Å². The lowest BCUT2D eigenvalue weighted by atomic mass is 9.83. The van der Waals surface area contributed by atoms with Crippen LogP contribution in [-0.4, -0.2) is 58.1 Å². The summed E-state index contributed by atoms with van der Waals surface area (Å²) in [6.45, 7) is 0.621. The normalized spacial score (nSPS) is 21.3. The van der Waals surface area contributed by atoms with Gasteiger partial charge in [-0.15, -0.1) is 0 Å².